The van der Waals surface area contributed by atoms with Gasteiger partial charge in [0.25, 0.3) is 11.5 Å². The maximum Gasteiger partial charge on any atom is 0.279 e. The number of hydrogen-bond acceptors (Lipinski definition) is 5. The lowest BCUT2D eigenvalue weighted by molar-refractivity contribution is 0.0645. The predicted octanol–water partition coefficient (Wildman–Crippen LogP) is 1.37. The van der Waals surface area contributed by atoms with Gasteiger partial charge in [-0.15, -0.1) is 0 Å². The number of rotatable bonds is 4. The molecule has 0 radical (unpaired) electrons. The quantitative estimate of drug-likeness (QED) is 0.621. The Bertz CT molecular complexity index is 1190. The molecule has 3 aromatic rings. The second-order valence-electron chi connectivity index (χ2n) is 8.76. The lowest BCUT2D eigenvalue weighted by Crippen LogP contribution is -2.48. The second-order valence-corrected chi connectivity index (χ2v) is 8.76. The third-order valence-corrected chi connectivity index (χ3v) is 6.90. The molecular formula is C24H30N6O2. The highest BCUT2D eigenvalue weighted by atomic mass is 16.2. The molecule has 2 aromatic heterocycles. The van der Waals surface area contributed by atoms with E-state index in [1.807, 2.05) is 34.7 Å². The van der Waals surface area contributed by atoms with Crippen molar-refractivity contribution in [1.82, 2.24) is 28.9 Å². The highest BCUT2D eigenvalue weighted by molar-refractivity contribution is 5.99. The molecule has 5 rings (SSSR count). The molecule has 1 amide bonds. The third-order valence-electron chi connectivity index (χ3n) is 6.90. The molecule has 1 aromatic carbocycles. The van der Waals surface area contributed by atoms with Gasteiger partial charge in [0.05, 0.1) is 11.8 Å². The lowest BCUT2D eigenvalue weighted by Gasteiger charge is -2.34. The molecule has 168 valence electrons. The number of carbonyl (C=O) groups excluding carboxylic acids is 1. The molecule has 0 N–H and O–H groups in total. The van der Waals surface area contributed by atoms with Crippen LogP contribution in [0.1, 0.15) is 34.1 Å². The molecule has 4 heterocycles. The average Bonchev–Trinajstić information content (AvgIpc) is 3.28. The number of carbonyl (C=O) groups is 1. The first-order valence-corrected chi connectivity index (χ1v) is 11.4. The van der Waals surface area contributed by atoms with Gasteiger partial charge in [-0.3, -0.25) is 14.5 Å². The molecule has 2 aliphatic heterocycles. The van der Waals surface area contributed by atoms with Crippen LogP contribution in [-0.4, -0.2) is 74.1 Å². The highest BCUT2D eigenvalue weighted by Crippen LogP contribution is 2.22. The first-order valence-electron chi connectivity index (χ1n) is 11.4. The smallest absolute Gasteiger partial charge is 0.279 e. The summed E-state index contributed by atoms with van der Waals surface area (Å²) in [6.45, 7) is 8.60. The Kier molecular flexibility index (Phi) is 5.57. The van der Waals surface area contributed by atoms with E-state index in [1.54, 1.807) is 6.20 Å². The summed E-state index contributed by atoms with van der Waals surface area (Å²) in [6.07, 6.45) is 2.34. The minimum Gasteiger partial charge on any atom is -0.336 e. The predicted molar refractivity (Wildman–Crippen MR) is 123 cm³/mol. The fraction of sp³-hybridized carbons (Fsp3) is 0.458. The van der Waals surface area contributed by atoms with Crippen molar-refractivity contribution < 1.29 is 4.79 Å². The van der Waals surface area contributed by atoms with E-state index in [9.17, 15) is 9.59 Å². The molecule has 0 bridgehead atoms. The molecule has 2 aliphatic rings. The average molecular weight is 435 g/mol. The Hall–Kier alpha value is -2.97. The van der Waals surface area contributed by atoms with E-state index in [4.69, 9.17) is 0 Å². The first-order chi connectivity index (χ1) is 15.6. The number of likely N-dealkylation sites (N-methyl/N-ethyl adjacent to an activating group) is 1. The van der Waals surface area contributed by atoms with Crippen LogP contribution in [-0.2, 0) is 26.6 Å². The van der Waals surface area contributed by atoms with Gasteiger partial charge in [0.1, 0.15) is 5.56 Å². The van der Waals surface area contributed by atoms with Gasteiger partial charge in [0.2, 0.25) is 0 Å². The third kappa shape index (κ3) is 3.63. The molecule has 1 fully saturated rings. The van der Waals surface area contributed by atoms with E-state index in [0.717, 1.165) is 50.4 Å². The van der Waals surface area contributed by atoms with E-state index in [2.05, 4.69) is 34.0 Å². The van der Waals surface area contributed by atoms with E-state index >= 15 is 0 Å². The fourth-order valence-corrected chi connectivity index (χ4v) is 5.00. The van der Waals surface area contributed by atoms with Crippen molar-refractivity contribution in [1.29, 1.82) is 0 Å². The van der Waals surface area contributed by atoms with Crippen LogP contribution < -0.4 is 5.56 Å². The summed E-state index contributed by atoms with van der Waals surface area (Å²) in [5.41, 5.74) is 4.04. The maximum absolute atomic E-state index is 13.3. The first kappa shape index (κ1) is 20.9. The van der Waals surface area contributed by atoms with Gasteiger partial charge in [-0.2, -0.15) is 9.61 Å². The monoisotopic (exact) mass is 434 g/mol. The molecule has 0 atom stereocenters. The molecule has 8 heteroatoms. The topological polar surface area (TPSA) is 66.1 Å². The van der Waals surface area contributed by atoms with Gasteiger partial charge in [0.15, 0.2) is 5.65 Å². The molecule has 0 aliphatic carbocycles. The van der Waals surface area contributed by atoms with Crippen molar-refractivity contribution in [2.45, 2.75) is 26.4 Å². The Balaban J connectivity index is 1.45. The van der Waals surface area contributed by atoms with Crippen molar-refractivity contribution in [2.75, 3.05) is 39.3 Å². The normalized spacial score (nSPS) is 17.6. The number of amides is 1. The van der Waals surface area contributed by atoms with Crippen molar-refractivity contribution in [3.05, 3.63) is 69.3 Å². The molecule has 8 nitrogen and oxygen atoms in total. The SMILES string of the molecule is CCN1CCN(C(=O)c2cnn3c(=O)c4c(n(C)c23)CCN(Cc2ccccc2)C4)CC1. The largest absolute Gasteiger partial charge is 0.336 e. The minimum atomic E-state index is -0.110. The molecule has 1 saturated heterocycles. The summed E-state index contributed by atoms with van der Waals surface area (Å²) in [5, 5.41) is 4.35. The number of hydrogen-bond donors (Lipinski definition) is 0. The fourth-order valence-electron chi connectivity index (χ4n) is 5.00. The van der Waals surface area contributed by atoms with E-state index < -0.39 is 0 Å². The van der Waals surface area contributed by atoms with E-state index in [-0.39, 0.29) is 11.5 Å². The molecular weight excluding hydrogens is 404 g/mol. The number of aromatic nitrogens is 3. The maximum atomic E-state index is 13.3. The molecule has 0 saturated carbocycles. The number of nitrogens with zero attached hydrogens (tertiary/aromatic N) is 6. The Morgan fingerprint density at radius 2 is 1.78 bits per heavy atom. The second kappa shape index (κ2) is 8.52. The summed E-state index contributed by atoms with van der Waals surface area (Å²) >= 11 is 0. The molecule has 32 heavy (non-hydrogen) atoms. The van der Waals surface area contributed by atoms with Gasteiger partial charge >= 0.3 is 0 Å². The lowest BCUT2D eigenvalue weighted by atomic mass is 10.1. The Morgan fingerprint density at radius 1 is 1.03 bits per heavy atom. The zero-order chi connectivity index (χ0) is 22.2. The van der Waals surface area contributed by atoms with Gasteiger partial charge in [-0.05, 0) is 12.1 Å². The Morgan fingerprint density at radius 3 is 2.50 bits per heavy atom. The van der Waals surface area contributed by atoms with E-state index in [1.165, 1.54) is 10.1 Å². The van der Waals surface area contributed by atoms with Gasteiger partial charge < -0.3 is 14.4 Å². The summed E-state index contributed by atoms with van der Waals surface area (Å²) in [5.74, 6) is -0.0350. The number of benzene rings is 1. The van der Waals surface area contributed by atoms with Crippen LogP contribution >= 0.6 is 0 Å². The van der Waals surface area contributed by atoms with Gasteiger partial charge in [-0.1, -0.05) is 37.3 Å². The zero-order valence-electron chi connectivity index (χ0n) is 18.8. The van der Waals surface area contributed by atoms with Crippen molar-refractivity contribution in [3.63, 3.8) is 0 Å². The molecule has 0 unspecified atom stereocenters. The Labute approximate surface area is 187 Å². The number of aryl methyl sites for hydroxylation is 1. The van der Waals surface area contributed by atoms with Gasteiger partial charge in [-0.25, -0.2) is 0 Å². The van der Waals surface area contributed by atoms with Crippen LogP contribution in [0.25, 0.3) is 5.65 Å². The zero-order valence-corrected chi connectivity index (χ0v) is 18.8. The van der Waals surface area contributed by atoms with Crippen LogP contribution in [0.15, 0.2) is 41.3 Å². The highest BCUT2D eigenvalue weighted by Gasteiger charge is 2.29. The summed E-state index contributed by atoms with van der Waals surface area (Å²) in [4.78, 5) is 33.2. The van der Waals surface area contributed by atoms with Crippen LogP contribution in [0.4, 0.5) is 0 Å². The van der Waals surface area contributed by atoms with Gasteiger partial charge in [0, 0.05) is 65.0 Å². The number of fused-ring (bicyclic) bond motifs is 2. The van der Waals surface area contributed by atoms with Crippen LogP contribution in [0.3, 0.4) is 0 Å². The van der Waals surface area contributed by atoms with Crippen molar-refractivity contribution in [3.8, 4) is 0 Å². The van der Waals surface area contributed by atoms with Crippen LogP contribution in [0, 0.1) is 0 Å². The molecule has 0 spiro atoms. The van der Waals surface area contributed by atoms with Crippen LogP contribution in [0.2, 0.25) is 0 Å². The van der Waals surface area contributed by atoms with Crippen molar-refractivity contribution >= 4 is 11.6 Å². The van der Waals surface area contributed by atoms with Crippen LogP contribution in [0.5, 0.6) is 0 Å². The summed E-state index contributed by atoms with van der Waals surface area (Å²) in [6, 6.07) is 10.3. The summed E-state index contributed by atoms with van der Waals surface area (Å²) in [7, 11) is 1.95. The van der Waals surface area contributed by atoms with E-state index in [0.29, 0.717) is 30.8 Å². The summed E-state index contributed by atoms with van der Waals surface area (Å²) < 4.78 is 3.43. The number of piperazine rings is 1. The standard InChI is InChI=1S/C24H30N6O2/c1-3-27-11-13-29(14-12-27)23(31)19-15-25-30-22(19)26(2)21-9-10-28(17-20(21)24(30)32)16-18-7-5-4-6-8-18/h4-8,15H,3,9-14,16-17H2,1-2H3. The van der Waals surface area contributed by atoms with Crippen molar-refractivity contribution in [2.24, 2.45) is 7.05 Å². The minimum absolute atomic E-state index is 0.0350.